The summed E-state index contributed by atoms with van der Waals surface area (Å²) in [7, 11) is 1.68. The van der Waals surface area contributed by atoms with E-state index in [1.807, 2.05) is 18.2 Å². The molecule has 2 aromatic rings. The van der Waals surface area contributed by atoms with E-state index in [0.717, 1.165) is 30.6 Å². The van der Waals surface area contributed by atoms with Gasteiger partial charge in [-0.15, -0.1) is 0 Å². The highest BCUT2D eigenvalue weighted by Gasteiger charge is 2.32. The van der Waals surface area contributed by atoms with Gasteiger partial charge in [0.2, 0.25) is 0 Å². The number of methoxy groups -OCH3 is 1. The average Bonchev–Trinajstić information content (AvgIpc) is 2.88. The number of rotatable bonds is 2. The fraction of sp³-hybridized carbons (Fsp3) is 0.263. The second-order valence-electron chi connectivity index (χ2n) is 6.13. The summed E-state index contributed by atoms with van der Waals surface area (Å²) < 4.78 is 5.29. The predicted octanol–water partition coefficient (Wildman–Crippen LogP) is 2.85. The van der Waals surface area contributed by atoms with E-state index in [-0.39, 0.29) is 17.7 Å². The van der Waals surface area contributed by atoms with Gasteiger partial charge in [-0.05, 0) is 60.1 Å². The summed E-state index contributed by atoms with van der Waals surface area (Å²) in [5, 5.41) is 2.40. The number of nitrogens with one attached hydrogen (secondary N) is 1. The molecule has 0 bridgehead atoms. The smallest absolute Gasteiger partial charge is 0.259 e. The third-order valence-corrected chi connectivity index (χ3v) is 4.88. The maximum Gasteiger partial charge on any atom is 0.259 e. The summed E-state index contributed by atoms with van der Waals surface area (Å²) in [5.74, 6) is 0.601. The van der Waals surface area contributed by atoms with Gasteiger partial charge in [-0.2, -0.15) is 0 Å². The molecule has 0 aromatic heterocycles. The van der Waals surface area contributed by atoms with Crippen LogP contribution in [0.2, 0.25) is 0 Å². The summed E-state index contributed by atoms with van der Waals surface area (Å²) in [6, 6.07) is 11.8. The van der Waals surface area contributed by atoms with Crippen LogP contribution in [0.5, 0.6) is 5.75 Å². The van der Waals surface area contributed by atoms with Crippen LogP contribution >= 0.6 is 0 Å². The highest BCUT2D eigenvalue weighted by atomic mass is 16.5. The molecule has 2 aromatic carbocycles. The minimum Gasteiger partial charge on any atom is -0.497 e. The summed E-state index contributed by atoms with van der Waals surface area (Å²) in [5.41, 5.74) is 4.68. The number of benzene rings is 2. The molecule has 0 radical (unpaired) electrons. The number of fused-ring (bicyclic) bond motifs is 2. The lowest BCUT2D eigenvalue weighted by atomic mass is 9.78. The van der Waals surface area contributed by atoms with Gasteiger partial charge in [-0.1, -0.05) is 18.2 Å². The molecular formula is C19H17NO3. The number of hydrogen-bond donors (Lipinski definition) is 1. The molecule has 116 valence electrons. The molecule has 1 aliphatic heterocycles. The molecule has 0 saturated heterocycles. The van der Waals surface area contributed by atoms with E-state index in [1.165, 1.54) is 11.1 Å². The maximum atomic E-state index is 12.1. The van der Waals surface area contributed by atoms with Crippen LogP contribution in [0.15, 0.2) is 36.4 Å². The van der Waals surface area contributed by atoms with Crippen LogP contribution in [0.1, 0.15) is 49.7 Å². The van der Waals surface area contributed by atoms with Crippen molar-refractivity contribution in [1.82, 2.24) is 5.32 Å². The molecule has 0 spiro atoms. The largest absolute Gasteiger partial charge is 0.497 e. The van der Waals surface area contributed by atoms with Crippen molar-refractivity contribution in [3.63, 3.8) is 0 Å². The van der Waals surface area contributed by atoms with E-state index in [0.29, 0.717) is 11.1 Å². The Kier molecular flexibility index (Phi) is 3.18. The van der Waals surface area contributed by atoms with E-state index in [4.69, 9.17) is 4.74 Å². The molecule has 1 atom stereocenters. The SMILES string of the molecule is COc1ccc2c(c1)CCC(c1cccc3c1C(=O)NC3=O)C2. The number of carbonyl (C=O) groups is 2. The Labute approximate surface area is 134 Å². The van der Waals surface area contributed by atoms with E-state index in [9.17, 15) is 9.59 Å². The Morgan fingerprint density at radius 2 is 1.96 bits per heavy atom. The molecule has 4 rings (SSSR count). The molecule has 0 fully saturated rings. The number of aryl methyl sites for hydroxylation is 1. The number of ether oxygens (including phenoxy) is 1. The lowest BCUT2D eigenvalue weighted by Crippen LogP contribution is -2.21. The van der Waals surface area contributed by atoms with Crippen LogP contribution in [0.4, 0.5) is 0 Å². The highest BCUT2D eigenvalue weighted by molar-refractivity contribution is 6.22. The normalized spacial score (nSPS) is 19.1. The number of carbonyl (C=O) groups excluding carboxylic acids is 2. The molecule has 4 heteroatoms. The Balaban J connectivity index is 1.71. The van der Waals surface area contributed by atoms with E-state index in [1.54, 1.807) is 13.2 Å². The summed E-state index contributed by atoms with van der Waals surface area (Å²) in [6.07, 6.45) is 2.81. The predicted molar refractivity (Wildman–Crippen MR) is 86.0 cm³/mol. The second-order valence-corrected chi connectivity index (χ2v) is 6.13. The van der Waals surface area contributed by atoms with Crippen LogP contribution in [0, 0.1) is 0 Å². The molecule has 2 aliphatic rings. The lowest BCUT2D eigenvalue weighted by Gasteiger charge is -2.26. The van der Waals surface area contributed by atoms with E-state index >= 15 is 0 Å². The van der Waals surface area contributed by atoms with Crippen LogP contribution in [-0.2, 0) is 12.8 Å². The zero-order valence-corrected chi connectivity index (χ0v) is 12.9. The Morgan fingerprint density at radius 3 is 2.78 bits per heavy atom. The fourth-order valence-electron chi connectivity index (χ4n) is 3.71. The molecule has 1 aliphatic carbocycles. The maximum absolute atomic E-state index is 12.1. The van der Waals surface area contributed by atoms with E-state index < -0.39 is 0 Å². The zero-order valence-electron chi connectivity index (χ0n) is 12.9. The summed E-state index contributed by atoms with van der Waals surface area (Å²) >= 11 is 0. The minimum absolute atomic E-state index is 0.263. The topological polar surface area (TPSA) is 55.4 Å². The van der Waals surface area contributed by atoms with Gasteiger partial charge in [0.15, 0.2) is 0 Å². The molecule has 2 amide bonds. The van der Waals surface area contributed by atoms with Gasteiger partial charge in [0, 0.05) is 0 Å². The third kappa shape index (κ3) is 2.22. The third-order valence-electron chi connectivity index (χ3n) is 4.88. The summed E-state index contributed by atoms with van der Waals surface area (Å²) in [4.78, 5) is 24.0. The first kappa shape index (κ1) is 14.0. The van der Waals surface area contributed by atoms with Crippen LogP contribution in [0.3, 0.4) is 0 Å². The zero-order chi connectivity index (χ0) is 16.0. The Hall–Kier alpha value is -2.62. The Morgan fingerprint density at radius 1 is 1.09 bits per heavy atom. The first-order chi connectivity index (χ1) is 11.2. The van der Waals surface area contributed by atoms with Crippen molar-refractivity contribution in [2.24, 2.45) is 0 Å². The van der Waals surface area contributed by atoms with Crippen molar-refractivity contribution >= 4 is 11.8 Å². The first-order valence-corrected chi connectivity index (χ1v) is 7.81. The molecular weight excluding hydrogens is 290 g/mol. The lowest BCUT2D eigenvalue weighted by molar-refractivity contribution is 0.0879. The van der Waals surface area contributed by atoms with Gasteiger partial charge in [0.1, 0.15) is 5.75 Å². The van der Waals surface area contributed by atoms with Crippen LogP contribution < -0.4 is 10.1 Å². The standard InChI is InChI=1S/C19H17NO3/c1-23-14-8-7-11-9-13(6-5-12(11)10-14)15-3-2-4-16-17(15)19(22)20-18(16)21/h2-4,7-8,10,13H,5-6,9H2,1H3,(H,20,21,22). The summed E-state index contributed by atoms with van der Waals surface area (Å²) in [6.45, 7) is 0. The number of hydrogen-bond acceptors (Lipinski definition) is 3. The monoisotopic (exact) mass is 307 g/mol. The van der Waals surface area contributed by atoms with Crippen molar-refractivity contribution in [2.45, 2.75) is 25.2 Å². The Bertz CT molecular complexity index is 825. The van der Waals surface area contributed by atoms with E-state index in [2.05, 4.69) is 17.4 Å². The van der Waals surface area contributed by atoms with Gasteiger partial charge in [0.25, 0.3) is 11.8 Å². The van der Waals surface area contributed by atoms with Gasteiger partial charge in [0.05, 0.1) is 18.2 Å². The fourth-order valence-corrected chi connectivity index (χ4v) is 3.71. The quantitative estimate of drug-likeness (QED) is 0.868. The second kappa shape index (κ2) is 5.23. The average molecular weight is 307 g/mol. The van der Waals surface area contributed by atoms with Gasteiger partial charge < -0.3 is 4.74 Å². The highest BCUT2D eigenvalue weighted by Crippen LogP contribution is 2.37. The molecule has 1 heterocycles. The molecule has 1 unspecified atom stereocenters. The van der Waals surface area contributed by atoms with Gasteiger partial charge in [-0.3, -0.25) is 14.9 Å². The number of amides is 2. The van der Waals surface area contributed by atoms with Gasteiger partial charge in [-0.25, -0.2) is 0 Å². The van der Waals surface area contributed by atoms with Crippen molar-refractivity contribution < 1.29 is 14.3 Å². The van der Waals surface area contributed by atoms with Crippen molar-refractivity contribution in [3.8, 4) is 5.75 Å². The van der Waals surface area contributed by atoms with Crippen molar-refractivity contribution in [1.29, 1.82) is 0 Å². The first-order valence-electron chi connectivity index (χ1n) is 7.81. The van der Waals surface area contributed by atoms with Crippen molar-refractivity contribution in [3.05, 3.63) is 64.2 Å². The molecule has 23 heavy (non-hydrogen) atoms. The van der Waals surface area contributed by atoms with Crippen molar-refractivity contribution in [2.75, 3.05) is 7.11 Å². The molecule has 4 nitrogen and oxygen atoms in total. The molecule has 1 N–H and O–H groups in total. The van der Waals surface area contributed by atoms with Crippen LogP contribution in [-0.4, -0.2) is 18.9 Å². The molecule has 0 saturated carbocycles. The number of imide groups is 1. The van der Waals surface area contributed by atoms with Gasteiger partial charge >= 0.3 is 0 Å². The minimum atomic E-state index is -0.284. The van der Waals surface area contributed by atoms with Crippen LogP contribution in [0.25, 0.3) is 0 Å².